The number of amides is 1. The van der Waals surface area contributed by atoms with Gasteiger partial charge in [0.1, 0.15) is 11.5 Å². The Balaban J connectivity index is 2.11. The van der Waals surface area contributed by atoms with Gasteiger partial charge in [-0.05, 0) is 42.0 Å². The minimum absolute atomic E-state index is 0.174. The number of hydrogen-bond donors (Lipinski definition) is 1. The number of pyridine rings is 1. The SMILES string of the molecule is CC(C)C(=O)Nc1onc(-c2ccc(F)cc2)c1-c1ccncc1. The van der Waals surface area contributed by atoms with Gasteiger partial charge in [0.15, 0.2) is 0 Å². The van der Waals surface area contributed by atoms with Crippen molar-refractivity contribution in [2.24, 2.45) is 5.92 Å². The number of nitrogens with zero attached hydrogens (tertiary/aromatic N) is 2. The van der Waals surface area contributed by atoms with Gasteiger partial charge in [-0.1, -0.05) is 19.0 Å². The number of hydrogen-bond acceptors (Lipinski definition) is 4. The standard InChI is InChI=1S/C18H16FN3O2/c1-11(2)17(23)21-18-15(12-7-9-20-10-8-12)16(22-24-18)13-3-5-14(19)6-4-13/h3-11H,1-2H3,(H,21,23). The number of anilines is 1. The molecule has 0 radical (unpaired) electrons. The summed E-state index contributed by atoms with van der Waals surface area (Å²) in [4.78, 5) is 16.0. The predicted molar refractivity (Wildman–Crippen MR) is 88.6 cm³/mol. The minimum Gasteiger partial charge on any atom is -0.337 e. The first kappa shape index (κ1) is 15.9. The van der Waals surface area contributed by atoms with Crippen LogP contribution < -0.4 is 5.32 Å². The van der Waals surface area contributed by atoms with E-state index < -0.39 is 0 Å². The Hall–Kier alpha value is -3.02. The van der Waals surface area contributed by atoms with Crippen molar-refractivity contribution in [3.8, 4) is 22.4 Å². The first-order valence-electron chi connectivity index (χ1n) is 7.53. The van der Waals surface area contributed by atoms with Gasteiger partial charge in [0.25, 0.3) is 0 Å². The third kappa shape index (κ3) is 3.17. The van der Waals surface area contributed by atoms with Gasteiger partial charge in [0, 0.05) is 23.9 Å². The molecule has 0 atom stereocenters. The Kier molecular flexibility index (Phi) is 4.37. The van der Waals surface area contributed by atoms with Crippen LogP contribution in [0.25, 0.3) is 22.4 Å². The highest BCUT2D eigenvalue weighted by atomic mass is 19.1. The Morgan fingerprint density at radius 1 is 1.08 bits per heavy atom. The van der Waals surface area contributed by atoms with Gasteiger partial charge in [0.05, 0.1) is 5.56 Å². The lowest BCUT2D eigenvalue weighted by Gasteiger charge is -2.07. The maximum atomic E-state index is 13.2. The molecule has 1 N–H and O–H groups in total. The van der Waals surface area contributed by atoms with Crippen LogP contribution in [0.2, 0.25) is 0 Å². The van der Waals surface area contributed by atoms with Crippen molar-refractivity contribution in [1.29, 1.82) is 0 Å². The average molecular weight is 325 g/mol. The van der Waals surface area contributed by atoms with E-state index in [-0.39, 0.29) is 23.5 Å². The molecule has 1 aromatic carbocycles. The highest BCUT2D eigenvalue weighted by Crippen LogP contribution is 2.37. The van der Waals surface area contributed by atoms with Crippen LogP contribution in [0.4, 0.5) is 10.3 Å². The summed E-state index contributed by atoms with van der Waals surface area (Å²) in [6, 6.07) is 9.53. The fraction of sp³-hybridized carbons (Fsp3) is 0.167. The highest BCUT2D eigenvalue weighted by molar-refractivity contribution is 5.97. The topological polar surface area (TPSA) is 68.0 Å². The molecule has 6 heteroatoms. The molecule has 0 aliphatic rings. The van der Waals surface area contributed by atoms with Gasteiger partial charge in [-0.3, -0.25) is 15.1 Å². The first-order valence-corrected chi connectivity index (χ1v) is 7.53. The zero-order valence-electron chi connectivity index (χ0n) is 13.3. The number of carbonyl (C=O) groups is 1. The third-order valence-electron chi connectivity index (χ3n) is 3.54. The van der Waals surface area contributed by atoms with Crippen LogP contribution >= 0.6 is 0 Å². The molecule has 0 spiro atoms. The van der Waals surface area contributed by atoms with E-state index in [1.807, 2.05) is 0 Å². The fourth-order valence-corrected chi connectivity index (χ4v) is 2.22. The highest BCUT2D eigenvalue weighted by Gasteiger charge is 2.21. The summed E-state index contributed by atoms with van der Waals surface area (Å²) < 4.78 is 18.5. The van der Waals surface area contributed by atoms with Crippen LogP contribution in [0.5, 0.6) is 0 Å². The van der Waals surface area contributed by atoms with E-state index in [4.69, 9.17) is 4.52 Å². The monoisotopic (exact) mass is 325 g/mol. The smallest absolute Gasteiger partial charge is 0.239 e. The van der Waals surface area contributed by atoms with E-state index in [1.165, 1.54) is 12.1 Å². The minimum atomic E-state index is -0.332. The fourth-order valence-electron chi connectivity index (χ4n) is 2.22. The van der Waals surface area contributed by atoms with Gasteiger partial charge >= 0.3 is 0 Å². The van der Waals surface area contributed by atoms with Crippen LogP contribution in [0.1, 0.15) is 13.8 Å². The zero-order chi connectivity index (χ0) is 17.1. The van der Waals surface area contributed by atoms with Crippen molar-refractivity contribution in [2.75, 3.05) is 5.32 Å². The van der Waals surface area contributed by atoms with Crippen LogP contribution in [0.3, 0.4) is 0 Å². The average Bonchev–Trinajstić information content (AvgIpc) is 2.99. The molecule has 0 bridgehead atoms. The molecular weight excluding hydrogens is 309 g/mol. The van der Waals surface area contributed by atoms with Gasteiger partial charge in [0.2, 0.25) is 11.8 Å². The molecule has 0 saturated carbocycles. The summed E-state index contributed by atoms with van der Waals surface area (Å²) >= 11 is 0. The lowest BCUT2D eigenvalue weighted by Crippen LogP contribution is -2.17. The Labute approximate surface area is 138 Å². The van der Waals surface area contributed by atoms with Gasteiger partial charge < -0.3 is 4.52 Å². The van der Waals surface area contributed by atoms with Crippen molar-refractivity contribution < 1.29 is 13.7 Å². The number of carbonyl (C=O) groups excluding carboxylic acids is 1. The molecule has 2 heterocycles. The molecule has 3 rings (SSSR count). The predicted octanol–water partition coefficient (Wildman–Crippen LogP) is 4.14. The van der Waals surface area contributed by atoms with Crippen LogP contribution in [0, 0.1) is 11.7 Å². The summed E-state index contributed by atoms with van der Waals surface area (Å²) in [5.41, 5.74) is 2.65. The van der Waals surface area contributed by atoms with E-state index in [0.717, 1.165) is 5.56 Å². The van der Waals surface area contributed by atoms with E-state index in [2.05, 4.69) is 15.5 Å². The second-order valence-electron chi connectivity index (χ2n) is 5.62. The van der Waals surface area contributed by atoms with Crippen LogP contribution in [-0.2, 0) is 4.79 Å². The van der Waals surface area contributed by atoms with Crippen molar-refractivity contribution in [2.45, 2.75) is 13.8 Å². The molecule has 1 amide bonds. The molecule has 0 unspecified atom stereocenters. The number of halogens is 1. The lowest BCUT2D eigenvalue weighted by molar-refractivity contribution is -0.119. The van der Waals surface area contributed by atoms with Gasteiger partial charge in [-0.15, -0.1) is 0 Å². The zero-order valence-corrected chi connectivity index (χ0v) is 13.3. The lowest BCUT2D eigenvalue weighted by atomic mass is 10.0. The Bertz CT molecular complexity index is 842. The second kappa shape index (κ2) is 6.62. The maximum Gasteiger partial charge on any atom is 0.239 e. The summed E-state index contributed by atoms with van der Waals surface area (Å²) in [5, 5.41) is 6.82. The van der Waals surface area contributed by atoms with Crippen molar-refractivity contribution in [3.05, 3.63) is 54.6 Å². The molecule has 2 aromatic heterocycles. The molecule has 24 heavy (non-hydrogen) atoms. The Morgan fingerprint density at radius 2 is 1.75 bits per heavy atom. The van der Waals surface area contributed by atoms with Crippen molar-refractivity contribution >= 4 is 11.8 Å². The molecule has 0 saturated heterocycles. The molecule has 3 aromatic rings. The largest absolute Gasteiger partial charge is 0.337 e. The molecule has 0 aliphatic carbocycles. The quantitative estimate of drug-likeness (QED) is 0.783. The molecule has 122 valence electrons. The summed E-state index contributed by atoms with van der Waals surface area (Å²) in [5.74, 6) is -0.443. The molecular formula is C18H16FN3O2. The normalized spacial score (nSPS) is 10.8. The summed E-state index contributed by atoms with van der Waals surface area (Å²) in [7, 11) is 0. The van der Waals surface area contributed by atoms with E-state index in [1.54, 1.807) is 50.5 Å². The second-order valence-corrected chi connectivity index (χ2v) is 5.62. The first-order chi connectivity index (χ1) is 11.6. The van der Waals surface area contributed by atoms with E-state index >= 15 is 0 Å². The summed E-state index contributed by atoms with van der Waals surface area (Å²) in [6.45, 7) is 3.58. The maximum absolute atomic E-state index is 13.2. The van der Waals surface area contributed by atoms with E-state index in [9.17, 15) is 9.18 Å². The van der Waals surface area contributed by atoms with Crippen molar-refractivity contribution in [1.82, 2.24) is 10.1 Å². The molecule has 5 nitrogen and oxygen atoms in total. The third-order valence-corrected chi connectivity index (χ3v) is 3.54. The van der Waals surface area contributed by atoms with E-state index in [0.29, 0.717) is 16.8 Å². The van der Waals surface area contributed by atoms with Gasteiger partial charge in [-0.2, -0.15) is 0 Å². The molecule has 0 aliphatic heterocycles. The van der Waals surface area contributed by atoms with Crippen LogP contribution in [0.15, 0.2) is 53.3 Å². The number of aromatic nitrogens is 2. The number of nitrogens with one attached hydrogen (secondary N) is 1. The Morgan fingerprint density at radius 3 is 2.38 bits per heavy atom. The van der Waals surface area contributed by atoms with Gasteiger partial charge in [-0.25, -0.2) is 4.39 Å². The molecule has 0 fully saturated rings. The van der Waals surface area contributed by atoms with Crippen LogP contribution in [-0.4, -0.2) is 16.0 Å². The number of benzene rings is 1. The van der Waals surface area contributed by atoms with Crippen molar-refractivity contribution in [3.63, 3.8) is 0 Å². The number of rotatable bonds is 4. The summed E-state index contributed by atoms with van der Waals surface area (Å²) in [6.07, 6.45) is 3.29.